The molecule has 2 aromatic rings. The number of aliphatic hydroxyl groups excluding tert-OH is 1. The van der Waals surface area contributed by atoms with Gasteiger partial charge in [0.2, 0.25) is 0 Å². The molecule has 3 rings (SSSR count). The molecular formula is C21H26FNO4. The molecule has 0 unspecified atom stereocenters. The Morgan fingerprint density at radius 1 is 1.26 bits per heavy atom. The van der Waals surface area contributed by atoms with Gasteiger partial charge in [-0.15, -0.1) is 0 Å². The molecule has 1 saturated heterocycles. The first-order chi connectivity index (χ1) is 13.1. The number of nitrogens with zero attached hydrogens (tertiary/aromatic N) is 1. The van der Waals surface area contributed by atoms with E-state index in [1.807, 2.05) is 24.3 Å². The summed E-state index contributed by atoms with van der Waals surface area (Å²) in [5, 5.41) is 10.3. The minimum atomic E-state index is -0.581. The van der Waals surface area contributed by atoms with Crippen molar-refractivity contribution in [3.63, 3.8) is 0 Å². The number of rotatable bonds is 8. The van der Waals surface area contributed by atoms with Crippen molar-refractivity contribution in [3.8, 4) is 5.75 Å². The number of methoxy groups -OCH3 is 1. The third-order valence-corrected chi connectivity index (χ3v) is 4.57. The number of halogens is 1. The van der Waals surface area contributed by atoms with E-state index in [2.05, 4.69) is 4.90 Å². The molecule has 0 bridgehead atoms. The van der Waals surface area contributed by atoms with Crippen molar-refractivity contribution in [2.45, 2.75) is 18.8 Å². The van der Waals surface area contributed by atoms with Crippen LogP contribution in [0.2, 0.25) is 0 Å². The van der Waals surface area contributed by atoms with Crippen molar-refractivity contribution in [2.24, 2.45) is 0 Å². The summed E-state index contributed by atoms with van der Waals surface area (Å²) in [6, 6.07) is 14.1. The Bertz CT molecular complexity index is 710. The van der Waals surface area contributed by atoms with Crippen molar-refractivity contribution in [2.75, 3.05) is 40.0 Å². The van der Waals surface area contributed by atoms with E-state index in [0.717, 1.165) is 23.4 Å². The number of aliphatic hydroxyl groups is 1. The lowest BCUT2D eigenvalue weighted by Gasteiger charge is -2.34. The molecule has 1 fully saturated rings. The lowest BCUT2D eigenvalue weighted by atomic mass is 10.1. The molecule has 0 spiro atoms. The summed E-state index contributed by atoms with van der Waals surface area (Å²) in [5.41, 5.74) is 1.95. The number of β-amino-alcohol motifs (C(OH)–C–C–N with tert-alkyl or cyclic N) is 1. The molecule has 6 heteroatoms. The molecule has 0 amide bonds. The lowest BCUT2D eigenvalue weighted by Crippen LogP contribution is -2.43. The van der Waals surface area contributed by atoms with E-state index < -0.39 is 6.10 Å². The highest BCUT2D eigenvalue weighted by molar-refractivity contribution is 5.27. The summed E-state index contributed by atoms with van der Waals surface area (Å²) >= 11 is 0. The molecule has 0 radical (unpaired) electrons. The van der Waals surface area contributed by atoms with Gasteiger partial charge in [-0.1, -0.05) is 24.3 Å². The van der Waals surface area contributed by atoms with E-state index in [4.69, 9.17) is 14.2 Å². The highest BCUT2D eigenvalue weighted by atomic mass is 19.1. The van der Waals surface area contributed by atoms with Gasteiger partial charge < -0.3 is 19.3 Å². The summed E-state index contributed by atoms with van der Waals surface area (Å²) < 4.78 is 29.7. The first-order valence-corrected chi connectivity index (χ1v) is 9.12. The fourth-order valence-electron chi connectivity index (χ4n) is 3.17. The second kappa shape index (κ2) is 9.80. The van der Waals surface area contributed by atoms with Crippen molar-refractivity contribution in [1.82, 2.24) is 4.90 Å². The molecule has 146 valence electrons. The Morgan fingerprint density at radius 2 is 2.07 bits per heavy atom. The Morgan fingerprint density at radius 3 is 2.85 bits per heavy atom. The van der Waals surface area contributed by atoms with Crippen LogP contribution in [0, 0.1) is 5.82 Å². The van der Waals surface area contributed by atoms with Crippen LogP contribution in [0.3, 0.4) is 0 Å². The SMILES string of the molecule is COc1cccc(COC[C@H](O)CN2CCO[C@H](c3ccc(F)cc3)C2)c1. The Hall–Kier alpha value is -1.99. The van der Waals surface area contributed by atoms with Crippen LogP contribution in [0.15, 0.2) is 48.5 Å². The molecule has 0 aromatic heterocycles. The zero-order valence-electron chi connectivity index (χ0n) is 15.5. The first kappa shape index (κ1) is 19.8. The van der Waals surface area contributed by atoms with E-state index in [1.165, 1.54) is 12.1 Å². The summed E-state index contributed by atoms with van der Waals surface area (Å²) in [5.74, 6) is 0.534. The second-order valence-electron chi connectivity index (χ2n) is 6.69. The van der Waals surface area contributed by atoms with Crippen LogP contribution in [-0.2, 0) is 16.1 Å². The predicted molar refractivity (Wildman–Crippen MR) is 100 cm³/mol. The Balaban J connectivity index is 1.43. The highest BCUT2D eigenvalue weighted by Gasteiger charge is 2.23. The number of ether oxygens (including phenoxy) is 3. The highest BCUT2D eigenvalue weighted by Crippen LogP contribution is 2.22. The zero-order chi connectivity index (χ0) is 19.1. The van der Waals surface area contributed by atoms with E-state index in [-0.39, 0.29) is 18.5 Å². The molecule has 0 saturated carbocycles. The topological polar surface area (TPSA) is 51.2 Å². The van der Waals surface area contributed by atoms with Crippen LogP contribution in [0.5, 0.6) is 5.75 Å². The van der Waals surface area contributed by atoms with Crippen molar-refractivity contribution < 1.29 is 23.7 Å². The number of benzene rings is 2. The van der Waals surface area contributed by atoms with Crippen molar-refractivity contribution >= 4 is 0 Å². The van der Waals surface area contributed by atoms with Gasteiger partial charge >= 0.3 is 0 Å². The molecule has 2 atom stereocenters. The van der Waals surface area contributed by atoms with Crippen LogP contribution >= 0.6 is 0 Å². The molecule has 2 aromatic carbocycles. The molecule has 1 aliphatic heterocycles. The van der Waals surface area contributed by atoms with Crippen LogP contribution in [0.4, 0.5) is 4.39 Å². The van der Waals surface area contributed by atoms with E-state index in [9.17, 15) is 9.50 Å². The molecule has 0 aliphatic carbocycles. The van der Waals surface area contributed by atoms with E-state index in [1.54, 1.807) is 19.2 Å². The quantitative estimate of drug-likeness (QED) is 0.769. The monoisotopic (exact) mass is 375 g/mol. The van der Waals surface area contributed by atoms with Gasteiger partial charge in [-0.25, -0.2) is 4.39 Å². The lowest BCUT2D eigenvalue weighted by molar-refractivity contribution is -0.0536. The molecule has 1 N–H and O–H groups in total. The normalized spacial score (nSPS) is 19.0. The van der Waals surface area contributed by atoms with Gasteiger partial charge in [0.15, 0.2) is 0 Å². The molecule has 1 aliphatic rings. The van der Waals surface area contributed by atoms with Crippen molar-refractivity contribution in [3.05, 3.63) is 65.5 Å². The van der Waals surface area contributed by atoms with Gasteiger partial charge in [-0.2, -0.15) is 0 Å². The number of hydrogen-bond acceptors (Lipinski definition) is 5. The standard InChI is InChI=1S/C21H26FNO4/c1-25-20-4-2-3-16(11-20)14-26-15-19(24)12-23-9-10-27-21(13-23)17-5-7-18(22)8-6-17/h2-8,11,19,21,24H,9-10,12-15H2,1H3/t19-,21+/m1/s1. The average Bonchev–Trinajstić information content (AvgIpc) is 2.69. The van der Waals surface area contributed by atoms with Crippen LogP contribution < -0.4 is 4.74 Å². The average molecular weight is 375 g/mol. The van der Waals surface area contributed by atoms with Gasteiger partial charge in [0.05, 0.1) is 39.1 Å². The number of hydrogen-bond donors (Lipinski definition) is 1. The Kier molecular flexibility index (Phi) is 7.18. The van der Waals surface area contributed by atoms with Crippen LogP contribution in [-0.4, -0.2) is 56.1 Å². The molecule has 1 heterocycles. The van der Waals surface area contributed by atoms with Gasteiger partial charge in [0, 0.05) is 19.6 Å². The van der Waals surface area contributed by atoms with Gasteiger partial charge in [0.1, 0.15) is 11.6 Å². The van der Waals surface area contributed by atoms with Crippen LogP contribution in [0.1, 0.15) is 17.2 Å². The summed E-state index contributed by atoms with van der Waals surface area (Å²) in [6.07, 6.45) is -0.688. The van der Waals surface area contributed by atoms with Crippen molar-refractivity contribution in [1.29, 1.82) is 0 Å². The Labute approximate surface area is 159 Å². The smallest absolute Gasteiger partial charge is 0.123 e. The van der Waals surface area contributed by atoms with Gasteiger partial charge in [-0.3, -0.25) is 4.90 Å². The first-order valence-electron chi connectivity index (χ1n) is 9.12. The second-order valence-corrected chi connectivity index (χ2v) is 6.69. The van der Waals surface area contributed by atoms with E-state index >= 15 is 0 Å². The minimum absolute atomic E-state index is 0.107. The molecule has 5 nitrogen and oxygen atoms in total. The largest absolute Gasteiger partial charge is 0.497 e. The fourth-order valence-corrected chi connectivity index (χ4v) is 3.17. The maximum Gasteiger partial charge on any atom is 0.123 e. The fraction of sp³-hybridized carbons (Fsp3) is 0.429. The minimum Gasteiger partial charge on any atom is -0.497 e. The van der Waals surface area contributed by atoms with Gasteiger partial charge in [-0.05, 0) is 35.4 Å². The zero-order valence-corrected chi connectivity index (χ0v) is 15.5. The summed E-state index contributed by atoms with van der Waals surface area (Å²) in [7, 11) is 1.63. The van der Waals surface area contributed by atoms with E-state index in [0.29, 0.717) is 26.3 Å². The summed E-state index contributed by atoms with van der Waals surface area (Å²) in [4.78, 5) is 2.15. The third kappa shape index (κ3) is 6.01. The molecule has 27 heavy (non-hydrogen) atoms. The van der Waals surface area contributed by atoms with Gasteiger partial charge in [0.25, 0.3) is 0 Å². The maximum absolute atomic E-state index is 13.1. The maximum atomic E-state index is 13.1. The van der Waals surface area contributed by atoms with Crippen LogP contribution in [0.25, 0.3) is 0 Å². The predicted octanol–water partition coefficient (Wildman–Crippen LogP) is 2.79. The summed E-state index contributed by atoms with van der Waals surface area (Å²) in [6.45, 7) is 3.20. The third-order valence-electron chi connectivity index (χ3n) is 4.57. The number of morpholine rings is 1. The molecular weight excluding hydrogens is 349 g/mol.